The maximum Gasteiger partial charge on any atom is 0.266 e. The molecule has 0 spiro atoms. The second-order valence-electron chi connectivity index (χ2n) is 6.42. The summed E-state index contributed by atoms with van der Waals surface area (Å²) in [7, 11) is -1.47. The number of nitrogens with zero attached hydrogens (tertiary/aromatic N) is 2. The molecule has 1 atom stereocenters. The van der Waals surface area contributed by atoms with Crippen LogP contribution in [0.1, 0.15) is 36.2 Å². The van der Waals surface area contributed by atoms with Crippen molar-refractivity contribution < 1.29 is 18.0 Å². The van der Waals surface area contributed by atoms with Crippen LogP contribution in [-0.4, -0.2) is 43.9 Å². The molecule has 2 aromatic rings. The smallest absolute Gasteiger partial charge is 0.266 e. The third kappa shape index (κ3) is 4.91. The molecule has 0 aromatic heterocycles. The van der Waals surface area contributed by atoms with Crippen LogP contribution in [0.2, 0.25) is 5.02 Å². The molecule has 2 aromatic carbocycles. The van der Waals surface area contributed by atoms with Crippen molar-refractivity contribution in [3.05, 3.63) is 64.7 Å². The van der Waals surface area contributed by atoms with E-state index in [1.807, 2.05) is 44.2 Å². The number of carbonyl (C=O) groups excluding carboxylic acids is 1. The SMILES string of the molecule is CCC(C)N(Cc1ccccc1)C(=O)c1ccc(Cl)c(S(=O)(=O)N(C)OC)c1. The Labute approximate surface area is 171 Å². The minimum atomic E-state index is -3.98. The molecular weight excluding hydrogens is 400 g/mol. The lowest BCUT2D eigenvalue weighted by atomic mass is 10.1. The summed E-state index contributed by atoms with van der Waals surface area (Å²) in [5.41, 5.74) is 1.25. The van der Waals surface area contributed by atoms with Crippen molar-refractivity contribution >= 4 is 27.5 Å². The zero-order valence-electron chi connectivity index (χ0n) is 16.4. The van der Waals surface area contributed by atoms with Gasteiger partial charge in [0.2, 0.25) is 0 Å². The summed E-state index contributed by atoms with van der Waals surface area (Å²) < 4.78 is 25.9. The van der Waals surface area contributed by atoms with Gasteiger partial charge in [0.25, 0.3) is 15.9 Å². The molecule has 0 aliphatic heterocycles. The first-order chi connectivity index (χ1) is 13.2. The molecule has 0 radical (unpaired) electrons. The molecule has 0 aliphatic carbocycles. The molecule has 0 saturated heterocycles. The molecule has 0 bridgehead atoms. The van der Waals surface area contributed by atoms with Gasteiger partial charge in [-0.25, -0.2) is 8.42 Å². The number of rotatable bonds is 8. The lowest BCUT2D eigenvalue weighted by Crippen LogP contribution is -2.38. The van der Waals surface area contributed by atoms with Crippen molar-refractivity contribution in [2.45, 2.75) is 37.8 Å². The normalized spacial score (nSPS) is 12.8. The lowest BCUT2D eigenvalue weighted by molar-refractivity contribution is -0.0258. The van der Waals surface area contributed by atoms with Gasteiger partial charge in [-0.3, -0.25) is 9.63 Å². The Hall–Kier alpha value is -1.93. The molecule has 0 N–H and O–H groups in total. The minimum absolute atomic E-state index is 0.0231. The van der Waals surface area contributed by atoms with Gasteiger partial charge in [0.1, 0.15) is 4.90 Å². The van der Waals surface area contributed by atoms with Gasteiger partial charge in [-0.2, -0.15) is 0 Å². The number of sulfonamides is 1. The van der Waals surface area contributed by atoms with Crippen molar-refractivity contribution in [3.63, 3.8) is 0 Å². The van der Waals surface area contributed by atoms with E-state index < -0.39 is 10.0 Å². The van der Waals surface area contributed by atoms with Crippen LogP contribution >= 0.6 is 11.6 Å². The molecule has 0 heterocycles. The van der Waals surface area contributed by atoms with Crippen LogP contribution in [-0.2, 0) is 21.4 Å². The Morgan fingerprint density at radius 2 is 1.82 bits per heavy atom. The Morgan fingerprint density at radius 1 is 1.18 bits per heavy atom. The van der Waals surface area contributed by atoms with E-state index in [1.165, 1.54) is 32.4 Å². The number of hydrogen-bond acceptors (Lipinski definition) is 4. The fourth-order valence-electron chi connectivity index (χ4n) is 2.66. The Morgan fingerprint density at radius 3 is 2.39 bits per heavy atom. The van der Waals surface area contributed by atoms with Gasteiger partial charge < -0.3 is 4.90 Å². The summed E-state index contributed by atoms with van der Waals surface area (Å²) in [5.74, 6) is -0.258. The first-order valence-electron chi connectivity index (χ1n) is 8.89. The molecule has 0 saturated carbocycles. The van der Waals surface area contributed by atoms with Crippen molar-refractivity contribution in [1.82, 2.24) is 9.37 Å². The zero-order chi connectivity index (χ0) is 20.9. The van der Waals surface area contributed by atoms with Crippen LogP contribution in [0.25, 0.3) is 0 Å². The highest BCUT2D eigenvalue weighted by molar-refractivity contribution is 7.89. The largest absolute Gasteiger partial charge is 0.332 e. The molecule has 1 amide bonds. The van der Waals surface area contributed by atoms with Crippen molar-refractivity contribution in [2.24, 2.45) is 0 Å². The lowest BCUT2D eigenvalue weighted by Gasteiger charge is -2.29. The van der Waals surface area contributed by atoms with Crippen LogP contribution in [0.5, 0.6) is 0 Å². The summed E-state index contributed by atoms with van der Waals surface area (Å²) in [6, 6.07) is 13.9. The Balaban J connectivity index is 2.43. The van der Waals surface area contributed by atoms with E-state index in [2.05, 4.69) is 0 Å². The van der Waals surface area contributed by atoms with E-state index >= 15 is 0 Å². The fraction of sp³-hybridized carbons (Fsp3) is 0.350. The third-order valence-electron chi connectivity index (χ3n) is 4.63. The first kappa shape index (κ1) is 22.4. The second-order valence-corrected chi connectivity index (χ2v) is 8.73. The molecule has 6 nitrogen and oxygen atoms in total. The average Bonchev–Trinajstić information content (AvgIpc) is 2.71. The highest BCUT2D eigenvalue weighted by atomic mass is 35.5. The summed E-state index contributed by atoms with van der Waals surface area (Å²) in [6.07, 6.45) is 0.768. The fourth-order valence-corrected chi connectivity index (χ4v) is 4.14. The predicted molar refractivity (Wildman–Crippen MR) is 109 cm³/mol. The molecular formula is C20H25ClN2O4S. The van der Waals surface area contributed by atoms with Crippen LogP contribution in [0, 0.1) is 0 Å². The summed E-state index contributed by atoms with van der Waals surface area (Å²) in [6.45, 7) is 4.39. The molecule has 2 rings (SSSR count). The summed E-state index contributed by atoms with van der Waals surface area (Å²) in [4.78, 5) is 19.6. The quantitative estimate of drug-likeness (QED) is 0.601. The molecule has 152 valence electrons. The van der Waals surface area contributed by atoms with Crippen molar-refractivity contribution in [2.75, 3.05) is 14.2 Å². The molecule has 28 heavy (non-hydrogen) atoms. The monoisotopic (exact) mass is 424 g/mol. The second kappa shape index (κ2) is 9.52. The van der Waals surface area contributed by atoms with E-state index in [-0.39, 0.29) is 27.4 Å². The molecule has 1 unspecified atom stereocenters. The Bertz CT molecular complexity index is 919. The maximum atomic E-state index is 13.2. The van der Waals surface area contributed by atoms with Gasteiger partial charge in [0.05, 0.1) is 12.1 Å². The van der Waals surface area contributed by atoms with Crippen molar-refractivity contribution in [3.8, 4) is 0 Å². The van der Waals surface area contributed by atoms with Crippen molar-refractivity contribution in [1.29, 1.82) is 0 Å². The maximum absolute atomic E-state index is 13.2. The van der Waals surface area contributed by atoms with Gasteiger partial charge in [0, 0.05) is 25.2 Å². The number of benzene rings is 2. The van der Waals surface area contributed by atoms with E-state index in [1.54, 1.807) is 4.90 Å². The highest BCUT2D eigenvalue weighted by Gasteiger charge is 2.27. The van der Waals surface area contributed by atoms with Gasteiger partial charge in [-0.15, -0.1) is 0 Å². The third-order valence-corrected chi connectivity index (χ3v) is 6.79. The number of carbonyl (C=O) groups is 1. The van der Waals surface area contributed by atoms with Gasteiger partial charge in [-0.1, -0.05) is 53.3 Å². The van der Waals surface area contributed by atoms with Gasteiger partial charge >= 0.3 is 0 Å². The van der Waals surface area contributed by atoms with Crippen LogP contribution in [0.15, 0.2) is 53.4 Å². The minimum Gasteiger partial charge on any atom is -0.332 e. The standard InChI is InChI=1S/C20H25ClN2O4S/c1-5-15(2)23(14-16-9-7-6-8-10-16)20(24)17-11-12-18(21)19(13-17)28(25,26)22(3)27-4/h6-13,15H,5,14H2,1-4H3. The van der Waals surface area contributed by atoms with Crippen LogP contribution in [0.4, 0.5) is 0 Å². The number of amides is 1. The predicted octanol–water partition coefficient (Wildman–Crippen LogP) is 3.96. The van der Waals surface area contributed by atoms with E-state index in [4.69, 9.17) is 16.4 Å². The highest BCUT2D eigenvalue weighted by Crippen LogP contribution is 2.26. The van der Waals surface area contributed by atoms with Crippen LogP contribution < -0.4 is 0 Å². The molecule has 0 fully saturated rings. The summed E-state index contributed by atoms with van der Waals surface area (Å²) in [5, 5.41) is 0.0265. The average molecular weight is 425 g/mol. The number of hydroxylamine groups is 1. The molecule has 8 heteroatoms. The Kier molecular flexibility index (Phi) is 7.60. The van der Waals surface area contributed by atoms with E-state index in [0.717, 1.165) is 12.0 Å². The zero-order valence-corrected chi connectivity index (χ0v) is 18.0. The first-order valence-corrected chi connectivity index (χ1v) is 10.7. The molecule has 0 aliphatic rings. The summed E-state index contributed by atoms with van der Waals surface area (Å²) >= 11 is 6.10. The topological polar surface area (TPSA) is 66.9 Å². The van der Waals surface area contributed by atoms with Gasteiger partial charge in [0.15, 0.2) is 0 Å². The van der Waals surface area contributed by atoms with Gasteiger partial charge in [-0.05, 0) is 37.1 Å². The number of halogens is 1. The van der Waals surface area contributed by atoms with E-state index in [9.17, 15) is 13.2 Å². The van der Waals surface area contributed by atoms with E-state index in [0.29, 0.717) is 11.0 Å². The number of hydrogen-bond donors (Lipinski definition) is 0. The van der Waals surface area contributed by atoms with Crippen LogP contribution in [0.3, 0.4) is 0 Å².